The third-order valence-electron chi connectivity index (χ3n) is 4.05. The number of carboxylic acids is 1. The molecule has 25 heavy (non-hydrogen) atoms. The Morgan fingerprint density at radius 2 is 2.16 bits per heavy atom. The van der Waals surface area contributed by atoms with Crippen molar-refractivity contribution in [3.63, 3.8) is 0 Å². The van der Waals surface area contributed by atoms with Crippen molar-refractivity contribution in [2.24, 2.45) is 0 Å². The Morgan fingerprint density at radius 3 is 2.76 bits per heavy atom. The van der Waals surface area contributed by atoms with Gasteiger partial charge < -0.3 is 10.0 Å². The summed E-state index contributed by atoms with van der Waals surface area (Å²) in [6.07, 6.45) is -0.747. The van der Waals surface area contributed by atoms with Gasteiger partial charge in [0.25, 0.3) is 0 Å². The van der Waals surface area contributed by atoms with Gasteiger partial charge in [0.05, 0.1) is 11.9 Å². The van der Waals surface area contributed by atoms with Gasteiger partial charge in [0.15, 0.2) is 5.69 Å². The highest BCUT2D eigenvalue weighted by molar-refractivity contribution is 5.78. The standard InChI is InChI=1S/C15H16F3N5O2/c1-2-22-8-9(7-19-22)10-6-12(15(16,17)18)21-14(20-10)23-5-3-4-11(23)13(24)25/h6-8,11H,2-5H2,1H3,(H,24,25). The van der Waals surface area contributed by atoms with E-state index in [0.29, 0.717) is 31.5 Å². The first-order valence-corrected chi connectivity index (χ1v) is 7.78. The Bertz CT molecular complexity index is 790. The summed E-state index contributed by atoms with van der Waals surface area (Å²) in [5.74, 6) is -1.32. The van der Waals surface area contributed by atoms with E-state index in [1.165, 1.54) is 11.1 Å². The second-order valence-corrected chi connectivity index (χ2v) is 5.71. The lowest BCUT2D eigenvalue weighted by Gasteiger charge is -2.22. The minimum Gasteiger partial charge on any atom is -0.480 e. The van der Waals surface area contributed by atoms with E-state index in [-0.39, 0.29) is 11.6 Å². The van der Waals surface area contributed by atoms with Crippen LogP contribution >= 0.6 is 0 Å². The third kappa shape index (κ3) is 3.42. The average Bonchev–Trinajstić information content (AvgIpc) is 3.22. The summed E-state index contributed by atoms with van der Waals surface area (Å²) in [5, 5.41) is 13.3. The van der Waals surface area contributed by atoms with Crippen LogP contribution in [-0.2, 0) is 17.5 Å². The van der Waals surface area contributed by atoms with Gasteiger partial charge in [-0.15, -0.1) is 0 Å². The first-order chi connectivity index (χ1) is 11.8. The predicted octanol–water partition coefficient (Wildman–Crippen LogP) is 2.43. The topological polar surface area (TPSA) is 84.1 Å². The second-order valence-electron chi connectivity index (χ2n) is 5.71. The van der Waals surface area contributed by atoms with Crippen LogP contribution in [0.4, 0.5) is 19.1 Å². The monoisotopic (exact) mass is 355 g/mol. The number of hydrogen-bond acceptors (Lipinski definition) is 5. The zero-order valence-electron chi connectivity index (χ0n) is 13.4. The molecule has 7 nitrogen and oxygen atoms in total. The van der Waals surface area contributed by atoms with Gasteiger partial charge in [-0.05, 0) is 25.8 Å². The molecule has 1 atom stereocenters. The van der Waals surface area contributed by atoms with Crippen molar-refractivity contribution in [2.45, 2.75) is 38.5 Å². The Kier molecular flexibility index (Phi) is 4.36. The van der Waals surface area contributed by atoms with E-state index in [9.17, 15) is 23.1 Å². The van der Waals surface area contributed by atoms with Gasteiger partial charge >= 0.3 is 12.1 Å². The fraction of sp³-hybridized carbons (Fsp3) is 0.467. The number of aliphatic carboxylic acids is 1. The number of alkyl halides is 3. The maximum Gasteiger partial charge on any atom is 0.433 e. The molecule has 2 aromatic heterocycles. The molecule has 3 heterocycles. The van der Waals surface area contributed by atoms with Gasteiger partial charge in [-0.1, -0.05) is 0 Å². The van der Waals surface area contributed by atoms with Crippen molar-refractivity contribution in [2.75, 3.05) is 11.4 Å². The number of aromatic nitrogens is 4. The summed E-state index contributed by atoms with van der Waals surface area (Å²) in [7, 11) is 0. The zero-order valence-corrected chi connectivity index (χ0v) is 13.4. The lowest BCUT2D eigenvalue weighted by atomic mass is 10.2. The van der Waals surface area contributed by atoms with Crippen molar-refractivity contribution < 1.29 is 23.1 Å². The number of carbonyl (C=O) groups is 1. The van der Waals surface area contributed by atoms with Crippen molar-refractivity contribution in [1.29, 1.82) is 0 Å². The molecule has 0 aliphatic carbocycles. The van der Waals surface area contributed by atoms with Crippen molar-refractivity contribution in [3.05, 3.63) is 24.2 Å². The highest BCUT2D eigenvalue weighted by atomic mass is 19.4. The maximum atomic E-state index is 13.2. The van der Waals surface area contributed by atoms with Gasteiger partial charge in [0, 0.05) is 24.8 Å². The van der Waals surface area contributed by atoms with Crippen molar-refractivity contribution in [3.8, 4) is 11.3 Å². The Balaban J connectivity index is 2.09. The number of rotatable bonds is 4. The van der Waals surface area contributed by atoms with Crippen LogP contribution in [0.15, 0.2) is 18.5 Å². The van der Waals surface area contributed by atoms with E-state index in [4.69, 9.17) is 0 Å². The van der Waals surface area contributed by atoms with Crippen LogP contribution in [0, 0.1) is 0 Å². The number of hydrogen-bond donors (Lipinski definition) is 1. The smallest absolute Gasteiger partial charge is 0.433 e. The fourth-order valence-electron chi connectivity index (χ4n) is 2.79. The first-order valence-electron chi connectivity index (χ1n) is 7.78. The molecule has 2 aromatic rings. The van der Waals surface area contributed by atoms with Gasteiger partial charge in [-0.2, -0.15) is 18.3 Å². The van der Waals surface area contributed by atoms with Gasteiger partial charge in [-0.25, -0.2) is 14.8 Å². The minimum absolute atomic E-state index is 0.0630. The van der Waals surface area contributed by atoms with E-state index < -0.39 is 23.9 Å². The number of aryl methyl sites for hydroxylation is 1. The van der Waals surface area contributed by atoms with Crippen molar-refractivity contribution in [1.82, 2.24) is 19.7 Å². The molecular formula is C15H16F3N5O2. The second kappa shape index (κ2) is 6.34. The van der Waals surface area contributed by atoms with Gasteiger partial charge in [0.1, 0.15) is 6.04 Å². The largest absolute Gasteiger partial charge is 0.480 e. The molecule has 0 spiro atoms. The molecular weight excluding hydrogens is 339 g/mol. The fourth-order valence-corrected chi connectivity index (χ4v) is 2.79. The molecule has 1 saturated heterocycles. The molecule has 0 saturated carbocycles. The van der Waals surface area contributed by atoms with Crippen LogP contribution in [-0.4, -0.2) is 43.4 Å². The van der Waals surface area contributed by atoms with Crippen LogP contribution in [0.5, 0.6) is 0 Å². The highest BCUT2D eigenvalue weighted by Crippen LogP contribution is 2.33. The van der Waals surface area contributed by atoms with Crippen LogP contribution in [0.2, 0.25) is 0 Å². The molecule has 0 amide bonds. The SMILES string of the molecule is CCn1cc(-c2cc(C(F)(F)F)nc(N3CCCC3C(=O)O)n2)cn1. The van der Waals surface area contributed by atoms with Crippen LogP contribution in [0.1, 0.15) is 25.5 Å². The molecule has 1 aliphatic heterocycles. The summed E-state index contributed by atoms with van der Waals surface area (Å²) in [6.45, 7) is 2.72. The van der Waals surface area contributed by atoms with E-state index in [1.807, 2.05) is 6.92 Å². The summed E-state index contributed by atoms with van der Waals surface area (Å²) in [5.41, 5.74) is -0.622. The first kappa shape index (κ1) is 17.2. The van der Waals surface area contributed by atoms with E-state index in [2.05, 4.69) is 15.1 Å². The molecule has 0 aromatic carbocycles. The predicted molar refractivity (Wildman–Crippen MR) is 81.9 cm³/mol. The number of carboxylic acid groups (broad SMARTS) is 1. The molecule has 10 heteroatoms. The van der Waals surface area contributed by atoms with E-state index >= 15 is 0 Å². The number of nitrogens with zero attached hydrogens (tertiary/aromatic N) is 5. The summed E-state index contributed by atoms with van der Waals surface area (Å²) < 4.78 is 41.3. The zero-order chi connectivity index (χ0) is 18.2. The van der Waals surface area contributed by atoms with Crippen molar-refractivity contribution >= 4 is 11.9 Å². The van der Waals surface area contributed by atoms with Gasteiger partial charge in [0.2, 0.25) is 5.95 Å². The van der Waals surface area contributed by atoms with E-state index in [1.54, 1.807) is 10.9 Å². The molecule has 1 aliphatic rings. The molecule has 0 bridgehead atoms. The molecule has 134 valence electrons. The maximum absolute atomic E-state index is 13.2. The Hall–Kier alpha value is -2.65. The molecule has 1 unspecified atom stereocenters. The summed E-state index contributed by atoms with van der Waals surface area (Å²) in [6, 6.07) is -0.0680. The molecule has 1 fully saturated rings. The molecule has 0 radical (unpaired) electrons. The van der Waals surface area contributed by atoms with E-state index in [0.717, 1.165) is 6.07 Å². The minimum atomic E-state index is -4.66. The van der Waals surface area contributed by atoms with Gasteiger partial charge in [-0.3, -0.25) is 4.68 Å². The Morgan fingerprint density at radius 1 is 1.40 bits per heavy atom. The lowest BCUT2D eigenvalue weighted by Crippen LogP contribution is -2.37. The molecule has 1 N–H and O–H groups in total. The summed E-state index contributed by atoms with van der Waals surface area (Å²) in [4.78, 5) is 20.4. The van der Waals surface area contributed by atoms with Crippen LogP contribution in [0.3, 0.4) is 0 Å². The normalized spacial score (nSPS) is 17.9. The average molecular weight is 355 g/mol. The molecule has 3 rings (SSSR count). The quantitative estimate of drug-likeness (QED) is 0.907. The Labute approximate surface area is 141 Å². The number of halogens is 3. The van der Waals surface area contributed by atoms with Crippen LogP contribution < -0.4 is 4.90 Å². The third-order valence-corrected chi connectivity index (χ3v) is 4.05. The lowest BCUT2D eigenvalue weighted by molar-refractivity contribution is -0.141. The summed E-state index contributed by atoms with van der Waals surface area (Å²) >= 11 is 0. The van der Waals surface area contributed by atoms with Crippen LogP contribution in [0.25, 0.3) is 11.3 Å². The number of anilines is 1. The highest BCUT2D eigenvalue weighted by Gasteiger charge is 2.37.